The quantitative estimate of drug-likeness (QED) is 0.695. The maximum absolute atomic E-state index is 12.2. The van der Waals surface area contributed by atoms with Crippen LogP contribution in [0.3, 0.4) is 0 Å². The van der Waals surface area contributed by atoms with Crippen LogP contribution in [0.5, 0.6) is 5.75 Å². The molecule has 1 aromatic rings. The molecule has 0 atom stereocenters. The highest BCUT2D eigenvalue weighted by Gasteiger charge is 2.19. The van der Waals surface area contributed by atoms with Gasteiger partial charge in [-0.15, -0.1) is 0 Å². The Morgan fingerprint density at radius 2 is 2.13 bits per heavy atom. The van der Waals surface area contributed by atoms with Crippen LogP contribution < -0.4 is 5.56 Å². The van der Waals surface area contributed by atoms with Gasteiger partial charge in [-0.05, 0) is 0 Å². The number of aliphatic carboxylic acids is 1. The molecule has 15 heavy (non-hydrogen) atoms. The SMILES string of the molecule is O=C(O)Cc1c(O)c(C(F)F)c[nH]c1=O. The van der Waals surface area contributed by atoms with Crippen LogP contribution in [-0.4, -0.2) is 21.2 Å². The third kappa shape index (κ3) is 2.30. The number of carboxylic acid groups (broad SMARTS) is 1. The molecule has 1 aromatic heterocycles. The largest absolute Gasteiger partial charge is 0.507 e. The number of carbonyl (C=O) groups is 1. The van der Waals surface area contributed by atoms with Gasteiger partial charge in [0.15, 0.2) is 0 Å². The van der Waals surface area contributed by atoms with Gasteiger partial charge in [-0.3, -0.25) is 9.59 Å². The van der Waals surface area contributed by atoms with Crippen molar-refractivity contribution >= 4 is 5.97 Å². The van der Waals surface area contributed by atoms with Crippen molar-refractivity contribution in [1.29, 1.82) is 0 Å². The molecule has 0 aliphatic heterocycles. The number of hydrogen-bond donors (Lipinski definition) is 3. The Morgan fingerprint density at radius 3 is 2.60 bits per heavy atom. The van der Waals surface area contributed by atoms with E-state index in [2.05, 4.69) is 0 Å². The molecule has 0 amide bonds. The van der Waals surface area contributed by atoms with Crippen molar-refractivity contribution in [2.45, 2.75) is 12.8 Å². The molecule has 0 aliphatic carbocycles. The topological polar surface area (TPSA) is 90.4 Å². The molecule has 82 valence electrons. The van der Waals surface area contributed by atoms with Gasteiger partial charge in [-0.1, -0.05) is 0 Å². The third-order valence-corrected chi connectivity index (χ3v) is 1.76. The van der Waals surface area contributed by atoms with Crippen molar-refractivity contribution in [1.82, 2.24) is 4.98 Å². The van der Waals surface area contributed by atoms with Gasteiger partial charge in [-0.2, -0.15) is 0 Å². The van der Waals surface area contributed by atoms with E-state index in [0.717, 1.165) is 0 Å². The summed E-state index contributed by atoms with van der Waals surface area (Å²) in [6, 6.07) is 0. The molecule has 0 radical (unpaired) electrons. The number of H-pyrrole nitrogens is 1. The van der Waals surface area contributed by atoms with Gasteiger partial charge in [0.2, 0.25) is 0 Å². The molecule has 7 heteroatoms. The molecule has 1 rings (SSSR count). The lowest BCUT2D eigenvalue weighted by molar-refractivity contribution is -0.136. The van der Waals surface area contributed by atoms with Gasteiger partial charge < -0.3 is 15.2 Å². The van der Waals surface area contributed by atoms with E-state index in [9.17, 15) is 23.5 Å². The van der Waals surface area contributed by atoms with Gasteiger partial charge in [0.25, 0.3) is 12.0 Å². The van der Waals surface area contributed by atoms with Crippen LogP contribution in [0.1, 0.15) is 17.6 Å². The lowest BCUT2D eigenvalue weighted by Crippen LogP contribution is -2.17. The number of nitrogens with one attached hydrogen (secondary N) is 1. The number of halogens is 2. The smallest absolute Gasteiger partial charge is 0.308 e. The number of rotatable bonds is 3. The fourth-order valence-electron chi connectivity index (χ4n) is 1.06. The fourth-order valence-corrected chi connectivity index (χ4v) is 1.06. The molecular weight excluding hydrogens is 212 g/mol. The minimum atomic E-state index is -2.98. The van der Waals surface area contributed by atoms with E-state index < -0.39 is 41.3 Å². The van der Waals surface area contributed by atoms with Crippen LogP contribution >= 0.6 is 0 Å². The maximum Gasteiger partial charge on any atom is 0.308 e. The molecule has 0 saturated carbocycles. The maximum atomic E-state index is 12.2. The van der Waals surface area contributed by atoms with Crippen molar-refractivity contribution in [2.24, 2.45) is 0 Å². The van der Waals surface area contributed by atoms with Crippen molar-refractivity contribution in [3.63, 3.8) is 0 Å². The fraction of sp³-hybridized carbons (Fsp3) is 0.250. The third-order valence-electron chi connectivity index (χ3n) is 1.76. The minimum absolute atomic E-state index is 0.569. The lowest BCUT2D eigenvalue weighted by Gasteiger charge is -2.06. The number of aromatic hydroxyl groups is 1. The second kappa shape index (κ2) is 4.07. The molecule has 3 N–H and O–H groups in total. The Bertz CT molecular complexity index is 441. The molecule has 0 aliphatic rings. The number of aromatic nitrogens is 1. The molecular formula is C8H7F2NO4. The molecule has 0 fully saturated rings. The molecule has 0 bridgehead atoms. The van der Waals surface area contributed by atoms with Crippen molar-refractivity contribution < 1.29 is 23.8 Å². The van der Waals surface area contributed by atoms with Gasteiger partial charge in [0, 0.05) is 6.20 Å². The van der Waals surface area contributed by atoms with Gasteiger partial charge in [0.1, 0.15) is 5.75 Å². The first kappa shape index (κ1) is 11.2. The first-order valence-corrected chi connectivity index (χ1v) is 3.87. The highest BCUT2D eigenvalue weighted by Crippen LogP contribution is 2.28. The second-order valence-corrected chi connectivity index (χ2v) is 2.77. The van der Waals surface area contributed by atoms with Crippen LogP contribution in [-0.2, 0) is 11.2 Å². The van der Waals surface area contributed by atoms with E-state index in [4.69, 9.17) is 5.11 Å². The van der Waals surface area contributed by atoms with Crippen molar-refractivity contribution in [3.8, 4) is 5.75 Å². The van der Waals surface area contributed by atoms with E-state index in [0.29, 0.717) is 6.20 Å². The van der Waals surface area contributed by atoms with Crippen LogP contribution in [0.15, 0.2) is 11.0 Å². The summed E-state index contributed by atoms with van der Waals surface area (Å²) in [5, 5.41) is 17.6. The highest BCUT2D eigenvalue weighted by atomic mass is 19.3. The summed E-state index contributed by atoms with van der Waals surface area (Å²) in [6.07, 6.45) is -3.12. The zero-order chi connectivity index (χ0) is 11.6. The van der Waals surface area contributed by atoms with Gasteiger partial charge >= 0.3 is 5.97 Å². The molecule has 0 spiro atoms. The van der Waals surface area contributed by atoms with Gasteiger partial charge in [-0.25, -0.2) is 8.78 Å². The van der Waals surface area contributed by atoms with E-state index >= 15 is 0 Å². The van der Waals surface area contributed by atoms with E-state index in [1.165, 1.54) is 0 Å². The Morgan fingerprint density at radius 1 is 1.53 bits per heavy atom. The number of alkyl halides is 2. The standard InChI is InChI=1S/C8H7F2NO4/c9-7(10)4-2-11-8(15)3(6(4)14)1-5(12)13/h2,7H,1H2,(H,12,13)(H2,11,14,15). The monoisotopic (exact) mass is 219 g/mol. The summed E-state index contributed by atoms with van der Waals surface area (Å²) in [7, 11) is 0. The predicted molar refractivity (Wildman–Crippen MR) is 45.0 cm³/mol. The van der Waals surface area contributed by atoms with Crippen molar-refractivity contribution in [2.75, 3.05) is 0 Å². The minimum Gasteiger partial charge on any atom is -0.507 e. The average molecular weight is 219 g/mol. The number of hydrogen-bond acceptors (Lipinski definition) is 3. The van der Waals surface area contributed by atoms with E-state index in [1.54, 1.807) is 0 Å². The summed E-state index contributed by atoms with van der Waals surface area (Å²) < 4.78 is 24.5. The Labute approximate surface area is 82.0 Å². The first-order chi connectivity index (χ1) is 6.93. The van der Waals surface area contributed by atoms with Crippen molar-refractivity contribution in [3.05, 3.63) is 27.7 Å². The zero-order valence-electron chi connectivity index (χ0n) is 7.33. The number of aromatic amines is 1. The molecule has 0 unspecified atom stereocenters. The summed E-state index contributed by atoms with van der Waals surface area (Å²) in [5.41, 5.74) is -2.24. The number of carboxylic acids is 1. The molecule has 0 aromatic carbocycles. The van der Waals surface area contributed by atoms with Crippen LogP contribution in [0, 0.1) is 0 Å². The zero-order valence-corrected chi connectivity index (χ0v) is 7.33. The summed E-state index contributed by atoms with van der Waals surface area (Å²) in [4.78, 5) is 23.3. The normalized spacial score (nSPS) is 10.6. The Kier molecular flexibility index (Phi) is 3.03. The lowest BCUT2D eigenvalue weighted by atomic mass is 10.1. The molecule has 5 nitrogen and oxygen atoms in total. The van der Waals surface area contributed by atoms with Gasteiger partial charge in [0.05, 0.1) is 17.5 Å². The Balaban J connectivity index is 3.30. The Hall–Kier alpha value is -1.92. The summed E-state index contributed by atoms with van der Waals surface area (Å²) >= 11 is 0. The average Bonchev–Trinajstić information content (AvgIpc) is 2.11. The number of pyridine rings is 1. The highest BCUT2D eigenvalue weighted by molar-refractivity contribution is 5.71. The second-order valence-electron chi connectivity index (χ2n) is 2.77. The molecule has 0 saturated heterocycles. The van der Waals surface area contributed by atoms with E-state index in [1.807, 2.05) is 4.98 Å². The van der Waals surface area contributed by atoms with Crippen LogP contribution in [0.25, 0.3) is 0 Å². The van der Waals surface area contributed by atoms with Crippen LogP contribution in [0.4, 0.5) is 8.78 Å². The van der Waals surface area contributed by atoms with E-state index in [-0.39, 0.29) is 0 Å². The summed E-state index contributed by atoms with van der Waals surface area (Å²) in [5.74, 6) is -2.35. The predicted octanol–water partition coefficient (Wildman–Crippen LogP) is 0.645. The first-order valence-electron chi connectivity index (χ1n) is 3.87. The van der Waals surface area contributed by atoms with Crippen LogP contribution in [0.2, 0.25) is 0 Å². The summed E-state index contributed by atoms with van der Waals surface area (Å²) in [6.45, 7) is 0. The molecule has 1 heterocycles.